The van der Waals surface area contributed by atoms with Gasteiger partial charge in [0.15, 0.2) is 5.16 Å². The lowest BCUT2D eigenvalue weighted by Crippen LogP contribution is -2.31. The molecule has 0 radical (unpaired) electrons. The third-order valence-electron chi connectivity index (χ3n) is 3.31. The summed E-state index contributed by atoms with van der Waals surface area (Å²) in [5.41, 5.74) is 0. The van der Waals surface area contributed by atoms with E-state index in [1.54, 1.807) is 0 Å². The number of carbonyl (C=O) groups is 1. The van der Waals surface area contributed by atoms with Crippen LogP contribution in [-0.2, 0) is 11.8 Å². The van der Waals surface area contributed by atoms with Gasteiger partial charge < -0.3 is 15.2 Å². The van der Waals surface area contributed by atoms with Gasteiger partial charge in [-0.15, -0.1) is 22.6 Å². The Labute approximate surface area is 136 Å². The highest BCUT2D eigenvalue weighted by atomic mass is 35.5. The van der Waals surface area contributed by atoms with Crippen LogP contribution < -0.4 is 10.6 Å². The molecule has 1 aliphatic rings. The van der Waals surface area contributed by atoms with Crippen LogP contribution in [0.5, 0.6) is 0 Å². The summed E-state index contributed by atoms with van der Waals surface area (Å²) in [5, 5.41) is 15.6. The molecule has 0 bridgehead atoms. The zero-order chi connectivity index (χ0) is 14.5. The van der Waals surface area contributed by atoms with Crippen molar-refractivity contribution in [3.63, 3.8) is 0 Å². The van der Waals surface area contributed by atoms with E-state index in [1.165, 1.54) is 18.2 Å². The lowest BCUT2D eigenvalue weighted by molar-refractivity contribution is -0.119. The third-order valence-corrected chi connectivity index (χ3v) is 4.33. The van der Waals surface area contributed by atoms with Crippen molar-refractivity contribution in [3.8, 4) is 0 Å². The lowest BCUT2D eigenvalue weighted by Gasteiger charge is -2.21. The van der Waals surface area contributed by atoms with Gasteiger partial charge in [0.25, 0.3) is 0 Å². The van der Waals surface area contributed by atoms with E-state index in [0.717, 1.165) is 30.5 Å². The van der Waals surface area contributed by atoms with Gasteiger partial charge in [-0.2, -0.15) is 0 Å². The van der Waals surface area contributed by atoms with E-state index in [0.29, 0.717) is 11.7 Å². The first kappa shape index (κ1) is 18.3. The van der Waals surface area contributed by atoms with Crippen molar-refractivity contribution < 1.29 is 4.79 Å². The number of halogens is 1. The van der Waals surface area contributed by atoms with E-state index < -0.39 is 0 Å². The number of aromatic nitrogens is 3. The quantitative estimate of drug-likeness (QED) is 0.795. The molecule has 2 rings (SSSR count). The number of carbonyl (C=O) groups excluding carboxylic acids is 1. The minimum Gasteiger partial charge on any atom is -0.353 e. The highest BCUT2D eigenvalue weighted by molar-refractivity contribution is 7.99. The Kier molecular flexibility index (Phi) is 7.48. The Morgan fingerprint density at radius 3 is 2.90 bits per heavy atom. The van der Waals surface area contributed by atoms with Crippen LogP contribution in [0.4, 0.5) is 0 Å². The lowest BCUT2D eigenvalue weighted by atomic mass is 9.99. The van der Waals surface area contributed by atoms with Crippen LogP contribution in [0.1, 0.15) is 38.4 Å². The fourth-order valence-corrected chi connectivity index (χ4v) is 3.10. The van der Waals surface area contributed by atoms with Gasteiger partial charge in [0.2, 0.25) is 5.91 Å². The molecule has 1 amide bonds. The number of piperidine rings is 1. The van der Waals surface area contributed by atoms with Crippen LogP contribution in [-0.4, -0.2) is 45.6 Å². The molecule has 1 atom stereocenters. The van der Waals surface area contributed by atoms with Crippen molar-refractivity contribution >= 4 is 30.1 Å². The number of hydrogen-bond acceptors (Lipinski definition) is 5. The van der Waals surface area contributed by atoms with Crippen LogP contribution in [0, 0.1) is 0 Å². The normalized spacial score (nSPS) is 18.4. The molecule has 2 heterocycles. The summed E-state index contributed by atoms with van der Waals surface area (Å²) in [6.45, 7) is 5.97. The molecular formula is C13H24ClN5OS. The zero-order valence-corrected chi connectivity index (χ0v) is 14.4. The van der Waals surface area contributed by atoms with Gasteiger partial charge in [0.1, 0.15) is 5.82 Å². The second kappa shape index (κ2) is 8.60. The first-order valence-corrected chi connectivity index (χ1v) is 8.08. The van der Waals surface area contributed by atoms with Crippen molar-refractivity contribution in [1.82, 2.24) is 25.4 Å². The summed E-state index contributed by atoms with van der Waals surface area (Å²) in [7, 11) is 1.98. The molecule has 6 nitrogen and oxygen atoms in total. The maximum atomic E-state index is 11.6. The first-order chi connectivity index (χ1) is 9.58. The molecule has 1 saturated heterocycles. The smallest absolute Gasteiger partial charge is 0.230 e. The summed E-state index contributed by atoms with van der Waals surface area (Å²) >= 11 is 1.44. The zero-order valence-electron chi connectivity index (χ0n) is 12.8. The van der Waals surface area contributed by atoms with E-state index in [2.05, 4.69) is 20.8 Å². The second-order valence-corrected chi connectivity index (χ2v) is 6.40. The standard InChI is InChI=1S/C13H23N5OS.ClH/c1-9(2)15-11(19)8-20-13-17-16-12(18(13)3)10-5-4-6-14-7-10;/h9-10,14H,4-8H2,1-3H3,(H,15,19);1H. The summed E-state index contributed by atoms with van der Waals surface area (Å²) in [5.74, 6) is 1.87. The molecule has 0 aliphatic carbocycles. The highest BCUT2D eigenvalue weighted by Crippen LogP contribution is 2.24. The Balaban J connectivity index is 0.00000220. The number of rotatable bonds is 5. The summed E-state index contributed by atoms with van der Waals surface area (Å²) < 4.78 is 2.02. The number of thioether (sulfide) groups is 1. The molecule has 1 aromatic rings. The van der Waals surface area contributed by atoms with Crippen LogP contribution >= 0.6 is 24.2 Å². The fraction of sp³-hybridized carbons (Fsp3) is 0.769. The van der Waals surface area contributed by atoms with Crippen LogP contribution in [0.2, 0.25) is 0 Å². The van der Waals surface area contributed by atoms with Crippen LogP contribution in [0.3, 0.4) is 0 Å². The monoisotopic (exact) mass is 333 g/mol. The van der Waals surface area contributed by atoms with Crippen LogP contribution in [0.25, 0.3) is 0 Å². The maximum absolute atomic E-state index is 11.6. The van der Waals surface area contributed by atoms with Crippen molar-refractivity contribution in [2.75, 3.05) is 18.8 Å². The molecule has 1 unspecified atom stereocenters. The number of hydrogen-bond donors (Lipinski definition) is 2. The molecule has 8 heteroatoms. The van der Waals surface area contributed by atoms with E-state index in [1.807, 2.05) is 25.5 Å². The van der Waals surface area contributed by atoms with Gasteiger partial charge in [-0.05, 0) is 33.2 Å². The Hall–Kier alpha value is -0.790. The Morgan fingerprint density at radius 1 is 1.52 bits per heavy atom. The average Bonchev–Trinajstić information content (AvgIpc) is 2.78. The van der Waals surface area contributed by atoms with E-state index in [4.69, 9.17) is 0 Å². The minimum atomic E-state index is 0. The minimum absolute atomic E-state index is 0. The summed E-state index contributed by atoms with van der Waals surface area (Å²) in [6.07, 6.45) is 2.33. The fourth-order valence-electron chi connectivity index (χ4n) is 2.37. The number of nitrogens with one attached hydrogen (secondary N) is 2. The molecule has 0 spiro atoms. The van der Waals surface area contributed by atoms with Gasteiger partial charge in [0.05, 0.1) is 5.75 Å². The molecule has 120 valence electrons. The second-order valence-electron chi connectivity index (χ2n) is 5.45. The molecule has 1 aliphatic heterocycles. The predicted molar refractivity (Wildman–Crippen MR) is 87.1 cm³/mol. The SMILES string of the molecule is CC(C)NC(=O)CSc1nnc(C2CCCNC2)n1C.Cl. The Morgan fingerprint density at radius 2 is 2.29 bits per heavy atom. The van der Waals surface area contributed by atoms with Crippen molar-refractivity contribution in [2.45, 2.75) is 43.8 Å². The average molecular weight is 334 g/mol. The summed E-state index contributed by atoms with van der Waals surface area (Å²) in [6, 6.07) is 0.173. The Bertz CT molecular complexity index is 459. The van der Waals surface area contributed by atoms with Gasteiger partial charge in [-0.25, -0.2) is 0 Å². The first-order valence-electron chi connectivity index (χ1n) is 7.10. The van der Waals surface area contributed by atoms with Crippen molar-refractivity contribution in [2.24, 2.45) is 7.05 Å². The summed E-state index contributed by atoms with van der Waals surface area (Å²) in [4.78, 5) is 11.6. The third kappa shape index (κ3) is 5.16. The molecule has 21 heavy (non-hydrogen) atoms. The number of nitrogens with zero attached hydrogens (tertiary/aromatic N) is 3. The van der Waals surface area contributed by atoms with Crippen molar-refractivity contribution in [1.29, 1.82) is 0 Å². The molecule has 2 N–H and O–H groups in total. The van der Waals surface area contributed by atoms with Gasteiger partial charge >= 0.3 is 0 Å². The van der Waals surface area contributed by atoms with E-state index in [-0.39, 0.29) is 24.4 Å². The van der Waals surface area contributed by atoms with E-state index >= 15 is 0 Å². The molecule has 1 aromatic heterocycles. The van der Waals surface area contributed by atoms with Gasteiger partial charge in [0, 0.05) is 25.6 Å². The molecule has 0 saturated carbocycles. The van der Waals surface area contributed by atoms with E-state index in [9.17, 15) is 4.79 Å². The maximum Gasteiger partial charge on any atom is 0.230 e. The van der Waals surface area contributed by atoms with Gasteiger partial charge in [-0.1, -0.05) is 11.8 Å². The van der Waals surface area contributed by atoms with Crippen molar-refractivity contribution in [3.05, 3.63) is 5.82 Å². The molecule has 0 aromatic carbocycles. The largest absolute Gasteiger partial charge is 0.353 e. The number of amides is 1. The molecular weight excluding hydrogens is 310 g/mol. The van der Waals surface area contributed by atoms with Gasteiger partial charge in [-0.3, -0.25) is 4.79 Å². The predicted octanol–water partition coefficient (Wildman–Crippen LogP) is 1.32. The molecule has 1 fully saturated rings. The van der Waals surface area contributed by atoms with Crippen LogP contribution in [0.15, 0.2) is 5.16 Å². The topological polar surface area (TPSA) is 71.8 Å². The highest BCUT2D eigenvalue weighted by Gasteiger charge is 2.21.